The molecule has 1 atom stereocenters. The maximum atomic E-state index is 3.42. The number of hydrogen-bond donors (Lipinski definition) is 1. The molecule has 0 saturated heterocycles. The van der Waals surface area contributed by atoms with Gasteiger partial charge >= 0.3 is 0 Å². The lowest BCUT2D eigenvalue weighted by Crippen LogP contribution is -2.30. The molecule has 1 rings (SSSR count). The van der Waals surface area contributed by atoms with Crippen LogP contribution in [0.5, 0.6) is 0 Å². The van der Waals surface area contributed by atoms with Gasteiger partial charge in [-0.1, -0.05) is 26.2 Å². The van der Waals surface area contributed by atoms with Crippen LogP contribution >= 0.6 is 0 Å². The van der Waals surface area contributed by atoms with E-state index in [4.69, 9.17) is 0 Å². The Kier molecular flexibility index (Phi) is 4.48. The van der Waals surface area contributed by atoms with Crippen molar-refractivity contribution >= 4 is 0 Å². The quantitative estimate of drug-likeness (QED) is 0.537. The van der Waals surface area contributed by atoms with Crippen LogP contribution in [-0.2, 0) is 0 Å². The first-order valence-corrected chi connectivity index (χ1v) is 5.74. The average molecular weight is 193 g/mol. The van der Waals surface area contributed by atoms with E-state index in [-0.39, 0.29) is 0 Å². The van der Waals surface area contributed by atoms with Crippen molar-refractivity contribution in [1.29, 1.82) is 0 Å². The molecule has 0 spiro atoms. The Morgan fingerprint density at radius 1 is 1.43 bits per heavy atom. The fourth-order valence-electron chi connectivity index (χ4n) is 2.46. The van der Waals surface area contributed by atoms with E-state index in [9.17, 15) is 0 Å². The zero-order chi connectivity index (χ0) is 10.4. The first-order chi connectivity index (χ1) is 6.64. The minimum absolute atomic E-state index is 0.570. The van der Waals surface area contributed by atoms with Gasteiger partial charge in [-0.15, -0.1) is 5.92 Å². The van der Waals surface area contributed by atoms with Crippen molar-refractivity contribution in [3.05, 3.63) is 0 Å². The van der Waals surface area contributed by atoms with Crippen LogP contribution in [0.15, 0.2) is 0 Å². The topological polar surface area (TPSA) is 12.0 Å². The van der Waals surface area contributed by atoms with Crippen LogP contribution in [0, 0.1) is 23.2 Å². The molecule has 0 aromatic carbocycles. The first kappa shape index (κ1) is 11.6. The van der Waals surface area contributed by atoms with E-state index in [1.54, 1.807) is 0 Å². The van der Waals surface area contributed by atoms with E-state index in [0.717, 1.165) is 19.0 Å². The molecule has 0 aromatic rings. The van der Waals surface area contributed by atoms with Gasteiger partial charge in [0.2, 0.25) is 0 Å². The van der Waals surface area contributed by atoms with Gasteiger partial charge in [-0.2, -0.15) is 0 Å². The molecule has 0 aliphatic heterocycles. The maximum Gasteiger partial charge on any atom is 0.0576 e. The normalized spacial score (nSPS) is 25.2. The standard InChI is InChI=1S/C13H23N/c1-4-5-9-14-11-12-7-6-8-13(2,3)10-12/h12,14H,6-11H2,1-3H3. The third kappa shape index (κ3) is 4.15. The third-order valence-electron chi connectivity index (χ3n) is 3.13. The summed E-state index contributed by atoms with van der Waals surface area (Å²) >= 11 is 0. The van der Waals surface area contributed by atoms with Gasteiger partial charge in [-0.05, 0) is 44.1 Å². The summed E-state index contributed by atoms with van der Waals surface area (Å²) in [6.07, 6.45) is 5.58. The molecule has 1 aliphatic rings. The first-order valence-electron chi connectivity index (χ1n) is 5.74. The van der Waals surface area contributed by atoms with E-state index in [0.29, 0.717) is 5.41 Å². The lowest BCUT2D eigenvalue weighted by Gasteiger charge is -2.35. The van der Waals surface area contributed by atoms with Crippen molar-refractivity contribution in [3.63, 3.8) is 0 Å². The summed E-state index contributed by atoms with van der Waals surface area (Å²) in [6.45, 7) is 8.69. The smallest absolute Gasteiger partial charge is 0.0576 e. The van der Waals surface area contributed by atoms with E-state index in [1.165, 1.54) is 25.7 Å². The Morgan fingerprint density at radius 2 is 2.21 bits per heavy atom. The Balaban J connectivity index is 2.20. The minimum atomic E-state index is 0.570. The van der Waals surface area contributed by atoms with Gasteiger partial charge in [0.25, 0.3) is 0 Å². The summed E-state index contributed by atoms with van der Waals surface area (Å²) in [5.41, 5.74) is 0.570. The SMILES string of the molecule is CC#CCNCC1CCCC(C)(C)C1. The predicted molar refractivity (Wildman–Crippen MR) is 62.1 cm³/mol. The molecule has 1 N–H and O–H groups in total. The second-order valence-electron chi connectivity index (χ2n) is 5.18. The third-order valence-corrected chi connectivity index (χ3v) is 3.13. The maximum absolute atomic E-state index is 3.42. The number of hydrogen-bond acceptors (Lipinski definition) is 1. The molecule has 1 heteroatoms. The Bertz CT molecular complexity index is 219. The predicted octanol–water partition coefficient (Wildman–Crippen LogP) is 2.82. The summed E-state index contributed by atoms with van der Waals surface area (Å²) in [5.74, 6) is 6.83. The second-order valence-corrected chi connectivity index (χ2v) is 5.18. The second kappa shape index (κ2) is 5.41. The highest BCUT2D eigenvalue weighted by molar-refractivity contribution is 4.97. The van der Waals surface area contributed by atoms with Crippen molar-refractivity contribution in [2.45, 2.75) is 46.5 Å². The van der Waals surface area contributed by atoms with Crippen molar-refractivity contribution in [3.8, 4) is 11.8 Å². The molecule has 1 saturated carbocycles. The molecule has 0 bridgehead atoms. The molecule has 0 aromatic heterocycles. The summed E-state index contributed by atoms with van der Waals surface area (Å²) in [7, 11) is 0. The van der Waals surface area contributed by atoms with Crippen LogP contribution in [0.4, 0.5) is 0 Å². The van der Waals surface area contributed by atoms with Crippen molar-refractivity contribution in [2.24, 2.45) is 11.3 Å². The van der Waals surface area contributed by atoms with E-state index < -0.39 is 0 Å². The van der Waals surface area contributed by atoms with Crippen molar-refractivity contribution in [1.82, 2.24) is 5.32 Å². The fraction of sp³-hybridized carbons (Fsp3) is 0.846. The highest BCUT2D eigenvalue weighted by atomic mass is 14.8. The Morgan fingerprint density at radius 3 is 2.86 bits per heavy atom. The molecule has 1 aliphatic carbocycles. The van der Waals surface area contributed by atoms with Gasteiger partial charge in [0.15, 0.2) is 0 Å². The largest absolute Gasteiger partial charge is 0.306 e. The molecule has 1 nitrogen and oxygen atoms in total. The minimum Gasteiger partial charge on any atom is -0.306 e. The van der Waals surface area contributed by atoms with Gasteiger partial charge in [0.1, 0.15) is 0 Å². The van der Waals surface area contributed by atoms with Crippen LogP contribution in [0.25, 0.3) is 0 Å². The molecule has 1 fully saturated rings. The van der Waals surface area contributed by atoms with E-state index >= 15 is 0 Å². The van der Waals surface area contributed by atoms with Crippen LogP contribution in [0.3, 0.4) is 0 Å². The van der Waals surface area contributed by atoms with Crippen LogP contribution in [-0.4, -0.2) is 13.1 Å². The van der Waals surface area contributed by atoms with Crippen LogP contribution < -0.4 is 5.32 Å². The van der Waals surface area contributed by atoms with Gasteiger partial charge in [-0.25, -0.2) is 0 Å². The Labute approximate surface area is 88.7 Å². The molecular formula is C13H23N. The van der Waals surface area contributed by atoms with E-state index in [2.05, 4.69) is 31.0 Å². The number of rotatable bonds is 3. The Hall–Kier alpha value is -0.480. The molecule has 0 heterocycles. The zero-order valence-electron chi connectivity index (χ0n) is 9.82. The zero-order valence-corrected chi connectivity index (χ0v) is 9.82. The lowest BCUT2D eigenvalue weighted by atomic mass is 9.72. The number of nitrogens with one attached hydrogen (secondary N) is 1. The molecule has 1 unspecified atom stereocenters. The van der Waals surface area contributed by atoms with Gasteiger partial charge in [0, 0.05) is 0 Å². The van der Waals surface area contributed by atoms with Gasteiger partial charge in [-0.3, -0.25) is 0 Å². The molecule has 0 radical (unpaired) electrons. The van der Waals surface area contributed by atoms with Crippen LogP contribution in [0.1, 0.15) is 46.5 Å². The molecular weight excluding hydrogens is 170 g/mol. The fourth-order valence-corrected chi connectivity index (χ4v) is 2.46. The lowest BCUT2D eigenvalue weighted by molar-refractivity contribution is 0.178. The summed E-state index contributed by atoms with van der Waals surface area (Å²) in [4.78, 5) is 0. The van der Waals surface area contributed by atoms with Crippen LogP contribution in [0.2, 0.25) is 0 Å². The van der Waals surface area contributed by atoms with Crippen molar-refractivity contribution in [2.75, 3.05) is 13.1 Å². The van der Waals surface area contributed by atoms with E-state index in [1.807, 2.05) is 6.92 Å². The van der Waals surface area contributed by atoms with Crippen molar-refractivity contribution < 1.29 is 0 Å². The monoisotopic (exact) mass is 193 g/mol. The average Bonchev–Trinajstić information content (AvgIpc) is 2.11. The molecule has 80 valence electrons. The summed E-state index contributed by atoms with van der Waals surface area (Å²) in [5, 5.41) is 3.42. The summed E-state index contributed by atoms with van der Waals surface area (Å²) < 4.78 is 0. The molecule has 14 heavy (non-hydrogen) atoms. The highest BCUT2D eigenvalue weighted by Crippen LogP contribution is 2.38. The van der Waals surface area contributed by atoms with Gasteiger partial charge in [0.05, 0.1) is 6.54 Å². The molecule has 0 amide bonds. The highest BCUT2D eigenvalue weighted by Gasteiger charge is 2.27. The van der Waals surface area contributed by atoms with Gasteiger partial charge < -0.3 is 5.32 Å². The summed E-state index contributed by atoms with van der Waals surface area (Å²) in [6, 6.07) is 0.